The summed E-state index contributed by atoms with van der Waals surface area (Å²) in [6.45, 7) is 0.659. The Balaban J connectivity index is 1.52. The number of hydrogen-bond donors (Lipinski definition) is 3. The number of anilines is 1. The fourth-order valence-corrected chi connectivity index (χ4v) is 5.07. The molecule has 2 heterocycles. The summed E-state index contributed by atoms with van der Waals surface area (Å²) in [6, 6.07) is 20.7. The SMILES string of the molecule is N=C(/C=C\NCc1cccnc1)c1cc(-c2ccccc2)ccc1NC1CC[S+]([O-])CC1. The Kier molecular flexibility index (Phi) is 7.59. The van der Waals surface area contributed by atoms with E-state index in [0.29, 0.717) is 12.3 Å². The Bertz CT molecular complexity index is 1050. The van der Waals surface area contributed by atoms with Crippen molar-refractivity contribution in [3.63, 3.8) is 0 Å². The number of hydrogen-bond acceptors (Lipinski definition) is 5. The van der Waals surface area contributed by atoms with Crippen LogP contribution in [-0.4, -0.2) is 32.8 Å². The highest BCUT2D eigenvalue weighted by Crippen LogP contribution is 2.28. The van der Waals surface area contributed by atoms with Crippen LogP contribution in [0.5, 0.6) is 0 Å². The van der Waals surface area contributed by atoms with Crippen LogP contribution in [0.2, 0.25) is 0 Å². The van der Waals surface area contributed by atoms with Crippen LogP contribution in [0.3, 0.4) is 0 Å². The first-order valence-electron chi connectivity index (χ1n) is 10.9. The third-order valence-corrected chi connectivity index (χ3v) is 6.94. The molecule has 0 unspecified atom stereocenters. The van der Waals surface area contributed by atoms with Crippen molar-refractivity contribution in [3.05, 3.63) is 96.5 Å². The quantitative estimate of drug-likeness (QED) is 0.346. The van der Waals surface area contributed by atoms with Gasteiger partial charge in [-0.3, -0.25) is 4.98 Å². The highest BCUT2D eigenvalue weighted by atomic mass is 32.2. The molecule has 32 heavy (non-hydrogen) atoms. The van der Waals surface area contributed by atoms with E-state index >= 15 is 0 Å². The molecule has 1 aliphatic rings. The number of rotatable bonds is 8. The average Bonchev–Trinajstić information content (AvgIpc) is 2.84. The molecule has 2 aromatic carbocycles. The Hall–Kier alpha value is -3.09. The van der Waals surface area contributed by atoms with Gasteiger partial charge < -0.3 is 20.6 Å². The minimum Gasteiger partial charge on any atom is -0.616 e. The molecule has 1 aliphatic heterocycles. The van der Waals surface area contributed by atoms with Gasteiger partial charge in [0, 0.05) is 49.1 Å². The first-order valence-corrected chi connectivity index (χ1v) is 12.4. The van der Waals surface area contributed by atoms with Gasteiger partial charge in [0.2, 0.25) is 0 Å². The lowest BCUT2D eigenvalue weighted by Gasteiger charge is -2.27. The minimum absolute atomic E-state index is 0.287. The van der Waals surface area contributed by atoms with Crippen molar-refractivity contribution in [1.82, 2.24) is 10.3 Å². The molecule has 0 spiro atoms. The summed E-state index contributed by atoms with van der Waals surface area (Å²) in [7, 11) is 0. The molecule has 0 amide bonds. The zero-order chi connectivity index (χ0) is 22.2. The maximum Gasteiger partial charge on any atom is 0.107 e. The van der Waals surface area contributed by atoms with Crippen LogP contribution in [0, 0.1) is 5.41 Å². The Morgan fingerprint density at radius 1 is 1.06 bits per heavy atom. The van der Waals surface area contributed by atoms with Crippen LogP contribution >= 0.6 is 0 Å². The van der Waals surface area contributed by atoms with Crippen molar-refractivity contribution in [2.75, 3.05) is 16.8 Å². The molecule has 164 valence electrons. The normalized spacial score (nSPS) is 18.4. The highest BCUT2D eigenvalue weighted by Gasteiger charge is 2.22. The Morgan fingerprint density at radius 3 is 2.62 bits per heavy atom. The zero-order valence-electron chi connectivity index (χ0n) is 18.0. The third kappa shape index (κ3) is 5.99. The van der Waals surface area contributed by atoms with Crippen molar-refractivity contribution in [2.24, 2.45) is 0 Å². The first-order chi connectivity index (χ1) is 15.7. The molecular formula is C26H28N4OS. The van der Waals surface area contributed by atoms with Crippen molar-refractivity contribution in [2.45, 2.75) is 25.4 Å². The molecule has 0 bridgehead atoms. The molecule has 1 aromatic heterocycles. The number of pyridine rings is 1. The Morgan fingerprint density at radius 2 is 1.88 bits per heavy atom. The molecule has 0 aliphatic carbocycles. The van der Waals surface area contributed by atoms with Gasteiger partial charge in [-0.15, -0.1) is 0 Å². The van der Waals surface area contributed by atoms with Gasteiger partial charge in [0.25, 0.3) is 0 Å². The van der Waals surface area contributed by atoms with Crippen molar-refractivity contribution in [3.8, 4) is 11.1 Å². The molecule has 5 nitrogen and oxygen atoms in total. The van der Waals surface area contributed by atoms with Gasteiger partial charge in [-0.25, -0.2) is 0 Å². The second-order valence-electron chi connectivity index (χ2n) is 7.88. The summed E-state index contributed by atoms with van der Waals surface area (Å²) in [5.74, 6) is 1.48. The first kappa shape index (κ1) is 22.1. The fourth-order valence-electron chi connectivity index (χ4n) is 3.77. The van der Waals surface area contributed by atoms with E-state index in [2.05, 4.69) is 45.9 Å². The summed E-state index contributed by atoms with van der Waals surface area (Å²) in [5, 5.41) is 15.6. The molecule has 0 saturated carbocycles. The lowest BCUT2D eigenvalue weighted by molar-refractivity contribution is 0.559. The molecule has 1 saturated heterocycles. The van der Waals surface area contributed by atoms with E-state index in [1.54, 1.807) is 12.3 Å². The molecule has 0 radical (unpaired) electrons. The number of allylic oxidation sites excluding steroid dienone is 1. The fraction of sp³-hybridized carbons (Fsp3) is 0.231. The maximum absolute atomic E-state index is 11.7. The van der Waals surface area contributed by atoms with Crippen LogP contribution in [0.4, 0.5) is 5.69 Å². The van der Waals surface area contributed by atoms with Crippen LogP contribution in [0.15, 0.2) is 85.3 Å². The average molecular weight is 445 g/mol. The number of nitrogens with zero attached hydrogens (tertiary/aromatic N) is 1. The van der Waals surface area contributed by atoms with Crippen molar-refractivity contribution >= 4 is 22.6 Å². The van der Waals surface area contributed by atoms with E-state index < -0.39 is 11.2 Å². The molecular weight excluding hydrogens is 416 g/mol. The standard InChI is InChI=1S/C26H28N4OS/c27-25(10-14-29-19-20-5-4-13-28-18-20)24-17-22(21-6-2-1-3-7-21)8-9-26(24)30-23-11-15-32(31)16-12-23/h1-10,13-14,17-18,23,27,29-30H,11-12,15-16,19H2/b14-10-,27-25?. The number of benzene rings is 2. The van der Waals surface area contributed by atoms with Gasteiger partial charge in [0.15, 0.2) is 0 Å². The molecule has 3 N–H and O–H groups in total. The van der Waals surface area contributed by atoms with E-state index in [-0.39, 0.29) is 6.04 Å². The minimum atomic E-state index is -0.689. The monoisotopic (exact) mass is 444 g/mol. The van der Waals surface area contributed by atoms with Gasteiger partial charge in [0.05, 0.1) is 5.71 Å². The smallest absolute Gasteiger partial charge is 0.107 e. The molecule has 6 heteroatoms. The zero-order valence-corrected chi connectivity index (χ0v) is 18.8. The van der Waals surface area contributed by atoms with Gasteiger partial charge in [-0.2, -0.15) is 0 Å². The van der Waals surface area contributed by atoms with Gasteiger partial charge >= 0.3 is 0 Å². The maximum atomic E-state index is 11.7. The second kappa shape index (κ2) is 11.0. The number of aromatic nitrogens is 1. The van der Waals surface area contributed by atoms with E-state index in [1.807, 2.05) is 42.7 Å². The molecule has 1 fully saturated rings. The lowest BCUT2D eigenvalue weighted by Crippen LogP contribution is -2.32. The predicted molar refractivity (Wildman–Crippen MR) is 133 cm³/mol. The van der Waals surface area contributed by atoms with E-state index in [4.69, 9.17) is 5.41 Å². The van der Waals surface area contributed by atoms with Crippen LogP contribution in [0.1, 0.15) is 24.0 Å². The second-order valence-corrected chi connectivity index (χ2v) is 9.58. The van der Waals surface area contributed by atoms with Crippen LogP contribution < -0.4 is 10.6 Å². The van der Waals surface area contributed by atoms with Gasteiger partial charge in [-0.1, -0.05) is 53.6 Å². The topological polar surface area (TPSA) is 83.9 Å². The van der Waals surface area contributed by atoms with Crippen LogP contribution in [-0.2, 0) is 17.7 Å². The Labute approximate surface area is 192 Å². The largest absolute Gasteiger partial charge is 0.616 e. The summed E-state index contributed by atoms with van der Waals surface area (Å²) < 4.78 is 11.7. The summed E-state index contributed by atoms with van der Waals surface area (Å²) >= 11 is -0.689. The molecule has 0 atom stereocenters. The molecule has 4 rings (SSSR count). The van der Waals surface area contributed by atoms with Gasteiger partial charge in [-0.05, 0) is 47.2 Å². The van der Waals surface area contributed by atoms with Crippen molar-refractivity contribution < 1.29 is 4.55 Å². The highest BCUT2D eigenvalue weighted by molar-refractivity contribution is 7.91. The van der Waals surface area contributed by atoms with Gasteiger partial charge in [0.1, 0.15) is 11.5 Å². The summed E-state index contributed by atoms with van der Waals surface area (Å²) in [4.78, 5) is 4.12. The third-order valence-electron chi connectivity index (χ3n) is 5.56. The van der Waals surface area contributed by atoms with Crippen LogP contribution in [0.25, 0.3) is 11.1 Å². The lowest BCUT2D eigenvalue weighted by atomic mass is 9.98. The van der Waals surface area contributed by atoms with E-state index in [0.717, 1.165) is 52.3 Å². The number of nitrogens with one attached hydrogen (secondary N) is 3. The predicted octanol–water partition coefficient (Wildman–Crippen LogP) is 4.74. The van der Waals surface area contributed by atoms with Crippen molar-refractivity contribution in [1.29, 1.82) is 5.41 Å². The van der Waals surface area contributed by atoms with E-state index in [1.165, 1.54) is 0 Å². The molecule has 3 aromatic rings. The summed E-state index contributed by atoms with van der Waals surface area (Å²) in [5.41, 5.74) is 5.54. The van der Waals surface area contributed by atoms with E-state index in [9.17, 15) is 4.55 Å². The summed E-state index contributed by atoms with van der Waals surface area (Å²) in [6.07, 6.45) is 8.98.